The Morgan fingerprint density at radius 3 is 2.50 bits per heavy atom. The molecule has 2 aromatic rings. The lowest BCUT2D eigenvalue weighted by molar-refractivity contribution is 0.554. The molecule has 0 saturated heterocycles. The van der Waals surface area contributed by atoms with Crippen molar-refractivity contribution in [2.24, 2.45) is 5.73 Å². The van der Waals surface area contributed by atoms with Crippen LogP contribution in [0, 0.1) is 18.6 Å². The van der Waals surface area contributed by atoms with E-state index in [1.165, 1.54) is 12.1 Å². The molecule has 0 amide bonds. The molecule has 1 atom stereocenters. The minimum Gasteiger partial charge on any atom is -0.324 e. The van der Waals surface area contributed by atoms with Crippen molar-refractivity contribution in [3.8, 4) is 0 Å². The van der Waals surface area contributed by atoms with E-state index in [0.29, 0.717) is 12.0 Å². The summed E-state index contributed by atoms with van der Waals surface area (Å²) in [6.07, 6.45) is 0.537. The SMILES string of the molecule is Cc1ccccc1CC(N)c1ccc(F)cc1F. The first kappa shape index (κ1) is 12.7. The summed E-state index contributed by atoms with van der Waals surface area (Å²) in [4.78, 5) is 0. The van der Waals surface area contributed by atoms with Gasteiger partial charge in [0.15, 0.2) is 0 Å². The highest BCUT2D eigenvalue weighted by molar-refractivity contribution is 5.29. The van der Waals surface area contributed by atoms with E-state index in [9.17, 15) is 8.78 Å². The largest absolute Gasteiger partial charge is 0.324 e. The monoisotopic (exact) mass is 247 g/mol. The second kappa shape index (κ2) is 5.27. The van der Waals surface area contributed by atoms with Gasteiger partial charge < -0.3 is 5.73 Å². The van der Waals surface area contributed by atoms with Crippen LogP contribution in [-0.2, 0) is 6.42 Å². The van der Waals surface area contributed by atoms with Crippen LogP contribution in [0.1, 0.15) is 22.7 Å². The highest BCUT2D eigenvalue weighted by Crippen LogP contribution is 2.21. The first-order chi connectivity index (χ1) is 8.58. The Labute approximate surface area is 105 Å². The predicted octanol–water partition coefficient (Wildman–Crippen LogP) is 3.52. The zero-order valence-electron chi connectivity index (χ0n) is 10.2. The van der Waals surface area contributed by atoms with Crippen LogP contribution in [0.2, 0.25) is 0 Å². The van der Waals surface area contributed by atoms with Gasteiger partial charge in [0.1, 0.15) is 11.6 Å². The Morgan fingerprint density at radius 1 is 1.11 bits per heavy atom. The van der Waals surface area contributed by atoms with E-state index in [0.717, 1.165) is 17.2 Å². The lowest BCUT2D eigenvalue weighted by Crippen LogP contribution is -2.15. The van der Waals surface area contributed by atoms with Crippen LogP contribution in [0.25, 0.3) is 0 Å². The zero-order chi connectivity index (χ0) is 13.1. The summed E-state index contributed by atoms with van der Waals surface area (Å²) in [5.74, 6) is -1.17. The molecule has 0 radical (unpaired) electrons. The molecule has 0 aromatic heterocycles. The van der Waals surface area contributed by atoms with E-state index in [1.807, 2.05) is 31.2 Å². The van der Waals surface area contributed by atoms with Crippen LogP contribution in [0.5, 0.6) is 0 Å². The fourth-order valence-corrected chi connectivity index (χ4v) is 1.99. The van der Waals surface area contributed by atoms with Gasteiger partial charge in [-0.3, -0.25) is 0 Å². The van der Waals surface area contributed by atoms with Gasteiger partial charge in [-0.15, -0.1) is 0 Å². The lowest BCUT2D eigenvalue weighted by Gasteiger charge is -2.14. The van der Waals surface area contributed by atoms with Gasteiger partial charge >= 0.3 is 0 Å². The molecule has 0 spiro atoms. The Kier molecular flexibility index (Phi) is 3.72. The van der Waals surface area contributed by atoms with Crippen LogP contribution in [0.4, 0.5) is 8.78 Å². The van der Waals surface area contributed by atoms with Gasteiger partial charge in [0, 0.05) is 17.7 Å². The standard InChI is InChI=1S/C15H15F2N/c1-10-4-2-3-5-11(10)8-15(18)13-7-6-12(16)9-14(13)17/h2-7,9,15H,8,18H2,1H3. The van der Waals surface area contributed by atoms with E-state index in [4.69, 9.17) is 5.73 Å². The first-order valence-electron chi connectivity index (χ1n) is 5.83. The highest BCUT2D eigenvalue weighted by atomic mass is 19.1. The first-order valence-corrected chi connectivity index (χ1v) is 5.83. The van der Waals surface area contributed by atoms with Gasteiger partial charge in [0.05, 0.1) is 0 Å². The average Bonchev–Trinajstić information content (AvgIpc) is 2.32. The minimum absolute atomic E-state index is 0.347. The molecule has 0 saturated carbocycles. The molecule has 18 heavy (non-hydrogen) atoms. The quantitative estimate of drug-likeness (QED) is 0.882. The van der Waals surface area contributed by atoms with Crippen molar-refractivity contribution in [2.45, 2.75) is 19.4 Å². The van der Waals surface area contributed by atoms with E-state index in [2.05, 4.69) is 0 Å². The summed E-state index contributed by atoms with van der Waals surface area (Å²) in [7, 11) is 0. The van der Waals surface area contributed by atoms with Crippen LogP contribution < -0.4 is 5.73 Å². The molecule has 0 fully saturated rings. The van der Waals surface area contributed by atoms with Gasteiger partial charge in [0.2, 0.25) is 0 Å². The number of halogens is 2. The van der Waals surface area contributed by atoms with Gasteiger partial charge in [0.25, 0.3) is 0 Å². The fourth-order valence-electron chi connectivity index (χ4n) is 1.99. The normalized spacial score (nSPS) is 12.4. The number of aryl methyl sites for hydroxylation is 1. The van der Waals surface area contributed by atoms with Crippen molar-refractivity contribution in [1.82, 2.24) is 0 Å². The molecule has 0 bridgehead atoms. The summed E-state index contributed by atoms with van der Waals surface area (Å²) in [6, 6.07) is 10.9. The van der Waals surface area contributed by atoms with Crippen molar-refractivity contribution in [3.63, 3.8) is 0 Å². The Hall–Kier alpha value is -1.74. The molecule has 2 N–H and O–H groups in total. The molecule has 0 heterocycles. The summed E-state index contributed by atoms with van der Waals surface area (Å²) < 4.78 is 26.4. The van der Waals surface area contributed by atoms with Crippen LogP contribution in [0.15, 0.2) is 42.5 Å². The molecular weight excluding hydrogens is 232 g/mol. The molecule has 94 valence electrons. The molecule has 1 nitrogen and oxygen atoms in total. The highest BCUT2D eigenvalue weighted by Gasteiger charge is 2.13. The number of rotatable bonds is 3. The van der Waals surface area contributed by atoms with E-state index in [-0.39, 0.29) is 0 Å². The van der Waals surface area contributed by atoms with Crippen molar-refractivity contribution in [3.05, 3.63) is 70.8 Å². The molecule has 1 unspecified atom stereocenters. The summed E-state index contributed by atoms with van der Waals surface area (Å²) in [6.45, 7) is 1.99. The van der Waals surface area contributed by atoms with Gasteiger partial charge in [-0.25, -0.2) is 8.78 Å². The number of nitrogens with two attached hydrogens (primary N) is 1. The Morgan fingerprint density at radius 2 is 1.83 bits per heavy atom. The number of benzene rings is 2. The van der Waals surface area contributed by atoms with Crippen LogP contribution in [0.3, 0.4) is 0 Å². The second-order valence-corrected chi connectivity index (χ2v) is 4.40. The second-order valence-electron chi connectivity index (χ2n) is 4.40. The molecule has 0 aliphatic rings. The third-order valence-corrected chi connectivity index (χ3v) is 3.06. The molecule has 0 aliphatic carbocycles. The predicted molar refractivity (Wildman–Crippen MR) is 68.2 cm³/mol. The van der Waals surface area contributed by atoms with E-state index >= 15 is 0 Å². The van der Waals surface area contributed by atoms with Crippen molar-refractivity contribution >= 4 is 0 Å². The molecule has 0 aliphatic heterocycles. The number of hydrogen-bond acceptors (Lipinski definition) is 1. The maximum Gasteiger partial charge on any atom is 0.130 e. The summed E-state index contributed by atoms with van der Waals surface area (Å²) in [5.41, 5.74) is 8.53. The van der Waals surface area contributed by atoms with Gasteiger partial charge in [-0.2, -0.15) is 0 Å². The third kappa shape index (κ3) is 2.74. The van der Waals surface area contributed by atoms with Crippen LogP contribution >= 0.6 is 0 Å². The number of hydrogen-bond donors (Lipinski definition) is 1. The fraction of sp³-hybridized carbons (Fsp3) is 0.200. The van der Waals surface area contributed by atoms with Gasteiger partial charge in [-0.05, 0) is 30.5 Å². The third-order valence-electron chi connectivity index (χ3n) is 3.06. The average molecular weight is 247 g/mol. The maximum absolute atomic E-state index is 13.6. The Bertz CT molecular complexity index is 552. The molecule has 2 rings (SSSR count). The Balaban J connectivity index is 2.22. The maximum atomic E-state index is 13.6. The van der Waals surface area contributed by atoms with Gasteiger partial charge in [-0.1, -0.05) is 30.3 Å². The summed E-state index contributed by atoms with van der Waals surface area (Å²) >= 11 is 0. The van der Waals surface area contributed by atoms with Crippen molar-refractivity contribution < 1.29 is 8.78 Å². The van der Waals surface area contributed by atoms with E-state index in [1.54, 1.807) is 0 Å². The smallest absolute Gasteiger partial charge is 0.130 e. The van der Waals surface area contributed by atoms with Crippen LogP contribution in [-0.4, -0.2) is 0 Å². The lowest BCUT2D eigenvalue weighted by atomic mass is 9.96. The van der Waals surface area contributed by atoms with E-state index < -0.39 is 17.7 Å². The molecule has 3 heteroatoms. The zero-order valence-corrected chi connectivity index (χ0v) is 10.2. The molecular formula is C15H15F2N. The summed E-state index contributed by atoms with van der Waals surface area (Å²) in [5, 5.41) is 0. The minimum atomic E-state index is -0.587. The topological polar surface area (TPSA) is 26.0 Å². The van der Waals surface area contributed by atoms with Crippen molar-refractivity contribution in [2.75, 3.05) is 0 Å². The molecule has 2 aromatic carbocycles. The van der Waals surface area contributed by atoms with Crippen molar-refractivity contribution in [1.29, 1.82) is 0 Å².